The van der Waals surface area contributed by atoms with Crippen LogP contribution in [0.2, 0.25) is 5.02 Å². The summed E-state index contributed by atoms with van der Waals surface area (Å²) in [7, 11) is 0. The van der Waals surface area contributed by atoms with Crippen molar-refractivity contribution < 1.29 is 9.59 Å². The number of allylic oxidation sites excluding steroid dienone is 2. The van der Waals surface area contributed by atoms with Crippen LogP contribution in [0.5, 0.6) is 0 Å². The van der Waals surface area contributed by atoms with E-state index in [0.29, 0.717) is 23.6 Å². The number of carbonyl (C=O) groups is 2. The number of anilines is 1. The van der Waals surface area contributed by atoms with E-state index in [0.717, 1.165) is 5.56 Å². The maximum absolute atomic E-state index is 12.4. The molecule has 3 rings (SSSR count). The van der Waals surface area contributed by atoms with E-state index in [2.05, 4.69) is 0 Å². The molecule has 1 heterocycles. The number of imide groups is 1. The number of benzene rings is 1. The summed E-state index contributed by atoms with van der Waals surface area (Å²) in [6.07, 6.45) is 5.29. The molecule has 0 saturated carbocycles. The molecular formula is C15H14ClNO2. The van der Waals surface area contributed by atoms with Gasteiger partial charge >= 0.3 is 0 Å². The van der Waals surface area contributed by atoms with Crippen molar-refractivity contribution in [1.29, 1.82) is 0 Å². The van der Waals surface area contributed by atoms with Gasteiger partial charge in [-0.2, -0.15) is 0 Å². The minimum absolute atomic E-state index is 0.0929. The number of fused-ring (bicyclic) bond motifs is 1. The number of nitrogens with zero attached hydrogens (tertiary/aromatic N) is 1. The molecule has 0 spiro atoms. The molecule has 1 saturated heterocycles. The molecule has 0 aromatic heterocycles. The van der Waals surface area contributed by atoms with E-state index in [1.54, 1.807) is 18.2 Å². The Balaban J connectivity index is 2.04. The Morgan fingerprint density at radius 1 is 1.11 bits per heavy atom. The summed E-state index contributed by atoms with van der Waals surface area (Å²) in [5.41, 5.74) is 1.40. The van der Waals surface area contributed by atoms with Gasteiger partial charge in [-0.3, -0.25) is 9.59 Å². The van der Waals surface area contributed by atoms with Crippen LogP contribution in [-0.4, -0.2) is 11.8 Å². The molecule has 1 aromatic carbocycles. The zero-order valence-corrected chi connectivity index (χ0v) is 11.4. The van der Waals surface area contributed by atoms with Crippen molar-refractivity contribution in [3.05, 3.63) is 40.9 Å². The minimum atomic E-state index is -0.198. The number of hydrogen-bond donors (Lipinski definition) is 0. The van der Waals surface area contributed by atoms with Crippen LogP contribution in [-0.2, 0) is 9.59 Å². The van der Waals surface area contributed by atoms with E-state index in [9.17, 15) is 9.59 Å². The number of carbonyl (C=O) groups excluding carboxylic acids is 2. The maximum Gasteiger partial charge on any atom is 0.238 e. The van der Waals surface area contributed by atoms with Crippen molar-refractivity contribution in [3.8, 4) is 0 Å². The van der Waals surface area contributed by atoms with Gasteiger partial charge in [0.15, 0.2) is 0 Å². The molecule has 98 valence electrons. The average Bonchev–Trinajstić information content (AvgIpc) is 2.67. The lowest BCUT2D eigenvalue weighted by atomic mass is 9.85. The van der Waals surface area contributed by atoms with Gasteiger partial charge in [0.05, 0.1) is 17.5 Å². The highest BCUT2D eigenvalue weighted by Gasteiger charge is 2.48. The average molecular weight is 276 g/mol. The van der Waals surface area contributed by atoms with Crippen molar-refractivity contribution >= 4 is 29.1 Å². The third kappa shape index (κ3) is 1.80. The van der Waals surface area contributed by atoms with Crippen molar-refractivity contribution in [1.82, 2.24) is 0 Å². The molecule has 4 heteroatoms. The molecule has 0 bridgehead atoms. The van der Waals surface area contributed by atoms with Crippen LogP contribution in [0.3, 0.4) is 0 Å². The lowest BCUT2D eigenvalue weighted by molar-refractivity contribution is -0.122. The second kappa shape index (κ2) is 4.49. The highest BCUT2D eigenvalue weighted by atomic mass is 35.5. The summed E-state index contributed by atoms with van der Waals surface area (Å²) in [6.45, 7) is 1.83. The minimum Gasteiger partial charge on any atom is -0.274 e. The molecule has 3 nitrogen and oxygen atoms in total. The van der Waals surface area contributed by atoms with Gasteiger partial charge in [0.2, 0.25) is 11.8 Å². The highest BCUT2D eigenvalue weighted by molar-refractivity contribution is 6.32. The Kier molecular flexibility index (Phi) is 2.94. The van der Waals surface area contributed by atoms with Crippen LogP contribution in [0.25, 0.3) is 0 Å². The largest absolute Gasteiger partial charge is 0.274 e. The van der Waals surface area contributed by atoms with Crippen LogP contribution in [0.15, 0.2) is 30.4 Å². The summed E-state index contributed by atoms with van der Waals surface area (Å²) in [5, 5.41) is 0.575. The fourth-order valence-electron chi connectivity index (χ4n) is 2.88. The molecular weight excluding hydrogens is 262 g/mol. The van der Waals surface area contributed by atoms with Crippen molar-refractivity contribution in [2.24, 2.45) is 11.8 Å². The van der Waals surface area contributed by atoms with Crippen molar-refractivity contribution in [2.75, 3.05) is 4.90 Å². The Morgan fingerprint density at radius 2 is 1.68 bits per heavy atom. The molecule has 2 amide bonds. The predicted octanol–water partition coefficient (Wildman–Crippen LogP) is 3.10. The Bertz CT molecular complexity index is 568. The molecule has 1 aliphatic carbocycles. The summed E-state index contributed by atoms with van der Waals surface area (Å²) in [6, 6.07) is 5.31. The molecule has 1 aliphatic heterocycles. The van der Waals surface area contributed by atoms with Crippen LogP contribution in [0.1, 0.15) is 18.4 Å². The Morgan fingerprint density at radius 3 is 2.26 bits per heavy atom. The van der Waals surface area contributed by atoms with E-state index in [4.69, 9.17) is 11.6 Å². The van der Waals surface area contributed by atoms with Gasteiger partial charge in [0.1, 0.15) is 0 Å². The van der Waals surface area contributed by atoms with Gasteiger partial charge in [-0.15, -0.1) is 0 Å². The Labute approximate surface area is 116 Å². The molecule has 0 N–H and O–H groups in total. The summed E-state index contributed by atoms with van der Waals surface area (Å²) in [5.74, 6) is -0.582. The van der Waals surface area contributed by atoms with Crippen molar-refractivity contribution in [3.63, 3.8) is 0 Å². The van der Waals surface area contributed by atoms with E-state index in [1.165, 1.54) is 4.90 Å². The van der Waals surface area contributed by atoms with Gasteiger partial charge in [-0.05, 0) is 37.5 Å². The first-order valence-corrected chi connectivity index (χ1v) is 6.77. The third-order valence-corrected chi connectivity index (χ3v) is 4.40. The number of hydrogen-bond acceptors (Lipinski definition) is 2. The summed E-state index contributed by atoms with van der Waals surface area (Å²) in [4.78, 5) is 26.2. The topological polar surface area (TPSA) is 37.4 Å². The normalized spacial score (nSPS) is 25.9. The summed E-state index contributed by atoms with van der Waals surface area (Å²) >= 11 is 6.08. The fraction of sp³-hybridized carbons (Fsp3) is 0.333. The van der Waals surface area contributed by atoms with Crippen molar-refractivity contribution in [2.45, 2.75) is 19.8 Å². The number of rotatable bonds is 1. The molecule has 1 aromatic rings. The van der Waals surface area contributed by atoms with Crippen LogP contribution in [0, 0.1) is 18.8 Å². The molecule has 0 radical (unpaired) electrons. The number of amides is 2. The van der Waals surface area contributed by atoms with E-state index in [-0.39, 0.29) is 23.7 Å². The molecule has 2 atom stereocenters. The highest BCUT2D eigenvalue weighted by Crippen LogP contribution is 2.39. The lowest BCUT2D eigenvalue weighted by Crippen LogP contribution is -2.31. The first-order valence-electron chi connectivity index (χ1n) is 6.39. The van der Waals surface area contributed by atoms with Gasteiger partial charge in [0.25, 0.3) is 0 Å². The van der Waals surface area contributed by atoms with Gasteiger partial charge < -0.3 is 0 Å². The van der Waals surface area contributed by atoms with Gasteiger partial charge in [-0.1, -0.05) is 29.8 Å². The third-order valence-electron chi connectivity index (χ3n) is 3.99. The molecule has 1 fully saturated rings. The zero-order chi connectivity index (χ0) is 13.6. The standard InChI is InChI=1S/C15H14ClNO2/c1-9-12(16)7-4-8-13(9)17-14(18)10-5-2-3-6-11(10)15(17)19/h2-4,7-8,10-11H,5-6H2,1H3/t10-,11-/m0/s1. The lowest BCUT2D eigenvalue weighted by Gasteiger charge is -2.17. The number of halogens is 1. The van der Waals surface area contributed by atoms with Gasteiger partial charge in [0, 0.05) is 5.02 Å². The SMILES string of the molecule is Cc1c(Cl)cccc1N1C(=O)[C@H]2CC=CC[C@@H]2C1=O. The second-order valence-electron chi connectivity index (χ2n) is 5.05. The van der Waals surface area contributed by atoms with Gasteiger partial charge in [-0.25, -0.2) is 4.90 Å². The van der Waals surface area contributed by atoms with E-state index < -0.39 is 0 Å². The van der Waals surface area contributed by atoms with Crippen LogP contribution >= 0.6 is 11.6 Å². The Hall–Kier alpha value is -1.61. The van der Waals surface area contributed by atoms with E-state index in [1.807, 2.05) is 19.1 Å². The monoisotopic (exact) mass is 275 g/mol. The molecule has 0 unspecified atom stereocenters. The quantitative estimate of drug-likeness (QED) is 0.583. The van der Waals surface area contributed by atoms with Crippen LogP contribution < -0.4 is 4.90 Å². The predicted molar refractivity (Wildman–Crippen MR) is 74.0 cm³/mol. The summed E-state index contributed by atoms with van der Waals surface area (Å²) < 4.78 is 0. The first kappa shape index (κ1) is 12.4. The molecule has 19 heavy (non-hydrogen) atoms. The second-order valence-corrected chi connectivity index (χ2v) is 5.46. The smallest absolute Gasteiger partial charge is 0.238 e. The van der Waals surface area contributed by atoms with E-state index >= 15 is 0 Å². The zero-order valence-electron chi connectivity index (χ0n) is 10.6. The molecule has 2 aliphatic rings. The maximum atomic E-state index is 12.4. The van der Waals surface area contributed by atoms with Crippen LogP contribution in [0.4, 0.5) is 5.69 Å². The first-order chi connectivity index (χ1) is 9.11. The fourth-order valence-corrected chi connectivity index (χ4v) is 3.05.